The average Bonchev–Trinajstić information content (AvgIpc) is 2.41. The Morgan fingerprint density at radius 3 is 2.45 bits per heavy atom. The summed E-state index contributed by atoms with van der Waals surface area (Å²) in [5.41, 5.74) is 0.645. The van der Waals surface area contributed by atoms with Crippen molar-refractivity contribution >= 4 is 11.6 Å². The molecule has 0 radical (unpaired) electrons. The molecule has 2 rings (SSSR count). The van der Waals surface area contributed by atoms with Crippen LogP contribution in [0.15, 0.2) is 36.7 Å². The highest BCUT2D eigenvalue weighted by Crippen LogP contribution is 2.11. The Morgan fingerprint density at radius 1 is 1.20 bits per heavy atom. The van der Waals surface area contributed by atoms with E-state index in [2.05, 4.69) is 15.3 Å². The van der Waals surface area contributed by atoms with Gasteiger partial charge in [0.1, 0.15) is 11.5 Å². The third-order valence-electron chi connectivity index (χ3n) is 2.32. The largest absolute Gasteiger partial charge is 0.474 e. The topological polar surface area (TPSA) is 64.1 Å². The minimum Gasteiger partial charge on any atom is -0.474 e. The second-order valence-corrected chi connectivity index (χ2v) is 4.37. The van der Waals surface area contributed by atoms with Gasteiger partial charge < -0.3 is 10.1 Å². The van der Waals surface area contributed by atoms with Crippen LogP contribution in [-0.2, 0) is 0 Å². The summed E-state index contributed by atoms with van der Waals surface area (Å²) in [6.45, 7) is 3.74. The molecule has 0 saturated heterocycles. The van der Waals surface area contributed by atoms with Crippen molar-refractivity contribution in [2.45, 2.75) is 20.0 Å². The Balaban J connectivity index is 2.03. The second kappa shape index (κ2) is 6.10. The Morgan fingerprint density at radius 2 is 1.90 bits per heavy atom. The third kappa shape index (κ3) is 3.74. The first-order valence-corrected chi connectivity index (χ1v) is 6.10. The molecule has 104 valence electrons. The van der Waals surface area contributed by atoms with Gasteiger partial charge in [0, 0.05) is 5.69 Å². The van der Waals surface area contributed by atoms with Crippen molar-refractivity contribution in [1.82, 2.24) is 9.97 Å². The summed E-state index contributed by atoms with van der Waals surface area (Å²) in [4.78, 5) is 19.8. The lowest BCUT2D eigenvalue weighted by Crippen LogP contribution is -2.14. The normalized spacial score (nSPS) is 10.4. The summed E-state index contributed by atoms with van der Waals surface area (Å²) in [6.07, 6.45) is 2.71. The molecule has 1 amide bonds. The Kier molecular flexibility index (Phi) is 4.24. The molecule has 0 saturated carbocycles. The van der Waals surface area contributed by atoms with Gasteiger partial charge in [-0.3, -0.25) is 4.79 Å². The number of carbonyl (C=O) groups is 1. The molecule has 20 heavy (non-hydrogen) atoms. The molecule has 0 atom stereocenters. The van der Waals surface area contributed by atoms with Crippen LogP contribution in [0.2, 0.25) is 0 Å². The highest BCUT2D eigenvalue weighted by molar-refractivity contribution is 6.02. The molecule has 0 aliphatic rings. The smallest absolute Gasteiger partial charge is 0.275 e. The van der Waals surface area contributed by atoms with Crippen LogP contribution in [0.5, 0.6) is 5.88 Å². The van der Waals surface area contributed by atoms with Crippen LogP contribution in [0.1, 0.15) is 24.3 Å². The molecule has 0 aliphatic carbocycles. The highest BCUT2D eigenvalue weighted by atomic mass is 19.1. The van der Waals surface area contributed by atoms with Crippen molar-refractivity contribution in [3.8, 4) is 5.88 Å². The molecular formula is C14H14FN3O2. The van der Waals surface area contributed by atoms with Crippen molar-refractivity contribution in [2.75, 3.05) is 5.32 Å². The number of aromatic nitrogens is 2. The number of nitrogens with one attached hydrogen (secondary N) is 1. The summed E-state index contributed by atoms with van der Waals surface area (Å²) >= 11 is 0. The molecule has 1 aromatic carbocycles. The molecule has 0 unspecified atom stereocenters. The molecule has 1 N–H and O–H groups in total. The maximum absolute atomic E-state index is 12.7. The first kappa shape index (κ1) is 13.9. The number of nitrogens with zero attached hydrogens (tertiary/aromatic N) is 2. The molecule has 5 nitrogen and oxygen atoms in total. The molecule has 0 bridgehead atoms. The fourth-order valence-electron chi connectivity index (χ4n) is 1.46. The quantitative estimate of drug-likeness (QED) is 0.931. The van der Waals surface area contributed by atoms with Crippen molar-refractivity contribution in [1.29, 1.82) is 0 Å². The minimum absolute atomic E-state index is 0.0109. The fraction of sp³-hybridized carbons (Fsp3) is 0.214. The number of amides is 1. The lowest BCUT2D eigenvalue weighted by atomic mass is 10.3. The number of carbonyl (C=O) groups excluding carboxylic acids is 1. The number of benzene rings is 1. The molecule has 6 heteroatoms. The van der Waals surface area contributed by atoms with Gasteiger partial charge in [-0.15, -0.1) is 0 Å². The van der Waals surface area contributed by atoms with Gasteiger partial charge in [0.15, 0.2) is 0 Å². The van der Waals surface area contributed by atoms with E-state index in [-0.39, 0.29) is 17.6 Å². The number of anilines is 1. The first-order valence-electron chi connectivity index (χ1n) is 6.10. The number of halogens is 1. The van der Waals surface area contributed by atoms with E-state index in [1.165, 1.54) is 36.7 Å². The molecule has 1 aromatic heterocycles. The Labute approximate surface area is 115 Å². The van der Waals surface area contributed by atoms with Gasteiger partial charge in [0.2, 0.25) is 5.88 Å². The van der Waals surface area contributed by atoms with Crippen molar-refractivity contribution in [3.63, 3.8) is 0 Å². The van der Waals surface area contributed by atoms with Gasteiger partial charge in [-0.1, -0.05) is 0 Å². The van der Waals surface area contributed by atoms with Gasteiger partial charge in [-0.05, 0) is 38.1 Å². The maximum Gasteiger partial charge on any atom is 0.275 e. The lowest BCUT2D eigenvalue weighted by Gasteiger charge is -2.08. The van der Waals surface area contributed by atoms with Crippen molar-refractivity contribution in [3.05, 3.63) is 48.2 Å². The minimum atomic E-state index is -0.416. The average molecular weight is 275 g/mol. The van der Waals surface area contributed by atoms with E-state index in [0.717, 1.165) is 0 Å². The van der Waals surface area contributed by atoms with Gasteiger partial charge in [0.05, 0.1) is 18.5 Å². The lowest BCUT2D eigenvalue weighted by molar-refractivity contribution is 0.102. The van der Waals surface area contributed by atoms with Gasteiger partial charge >= 0.3 is 0 Å². The number of ether oxygens (including phenoxy) is 1. The number of hydrogen-bond acceptors (Lipinski definition) is 4. The number of rotatable bonds is 4. The van der Waals surface area contributed by atoms with Gasteiger partial charge in [-0.25, -0.2) is 14.4 Å². The molecular weight excluding hydrogens is 261 g/mol. The standard InChI is InChI=1S/C14H14FN3O2/c1-9(2)20-13-8-16-12(7-17-13)14(19)18-11-5-3-10(15)4-6-11/h3-9H,1-2H3,(H,18,19). The summed E-state index contributed by atoms with van der Waals surface area (Å²) in [5.74, 6) is -0.420. The van der Waals surface area contributed by atoms with E-state index in [1.54, 1.807) is 0 Å². The Hall–Kier alpha value is -2.50. The molecule has 0 spiro atoms. The monoisotopic (exact) mass is 275 g/mol. The van der Waals surface area contributed by atoms with Crippen LogP contribution < -0.4 is 10.1 Å². The van der Waals surface area contributed by atoms with Crippen LogP contribution in [0, 0.1) is 5.82 Å². The zero-order valence-electron chi connectivity index (χ0n) is 11.1. The predicted octanol–water partition coefficient (Wildman–Crippen LogP) is 2.66. The van der Waals surface area contributed by atoms with Crippen LogP contribution in [0.4, 0.5) is 10.1 Å². The van der Waals surface area contributed by atoms with Crippen LogP contribution in [-0.4, -0.2) is 22.0 Å². The van der Waals surface area contributed by atoms with E-state index < -0.39 is 5.91 Å². The fourth-order valence-corrected chi connectivity index (χ4v) is 1.46. The van der Waals surface area contributed by atoms with E-state index >= 15 is 0 Å². The van der Waals surface area contributed by atoms with Crippen LogP contribution >= 0.6 is 0 Å². The SMILES string of the molecule is CC(C)Oc1cnc(C(=O)Nc2ccc(F)cc2)cn1. The van der Waals surface area contributed by atoms with Crippen molar-refractivity contribution in [2.24, 2.45) is 0 Å². The molecule has 0 fully saturated rings. The second-order valence-electron chi connectivity index (χ2n) is 4.37. The maximum atomic E-state index is 12.7. The summed E-state index contributed by atoms with van der Waals surface area (Å²) < 4.78 is 18.1. The predicted molar refractivity (Wildman–Crippen MR) is 72.1 cm³/mol. The molecule has 0 aliphatic heterocycles. The van der Waals surface area contributed by atoms with E-state index in [0.29, 0.717) is 11.6 Å². The van der Waals surface area contributed by atoms with Gasteiger partial charge in [0.25, 0.3) is 5.91 Å². The highest BCUT2D eigenvalue weighted by Gasteiger charge is 2.09. The van der Waals surface area contributed by atoms with Crippen molar-refractivity contribution < 1.29 is 13.9 Å². The molecule has 2 aromatic rings. The van der Waals surface area contributed by atoms with E-state index in [4.69, 9.17) is 4.74 Å². The number of hydrogen-bond donors (Lipinski definition) is 1. The summed E-state index contributed by atoms with van der Waals surface area (Å²) in [7, 11) is 0. The van der Waals surface area contributed by atoms with E-state index in [1.807, 2.05) is 13.8 Å². The zero-order chi connectivity index (χ0) is 14.5. The van der Waals surface area contributed by atoms with Gasteiger partial charge in [-0.2, -0.15) is 0 Å². The van der Waals surface area contributed by atoms with Crippen LogP contribution in [0.25, 0.3) is 0 Å². The Bertz CT molecular complexity index is 582. The first-order chi connectivity index (χ1) is 9.54. The molecule has 1 heterocycles. The summed E-state index contributed by atoms with van der Waals surface area (Å²) in [6, 6.07) is 5.47. The van der Waals surface area contributed by atoms with E-state index in [9.17, 15) is 9.18 Å². The third-order valence-corrected chi connectivity index (χ3v) is 2.32. The van der Waals surface area contributed by atoms with Crippen LogP contribution in [0.3, 0.4) is 0 Å². The zero-order valence-corrected chi connectivity index (χ0v) is 11.1. The summed E-state index contributed by atoms with van der Waals surface area (Å²) in [5, 5.41) is 2.60.